The number of imidazole rings is 1. The van der Waals surface area contributed by atoms with Gasteiger partial charge in [-0.1, -0.05) is 6.92 Å². The van der Waals surface area contributed by atoms with E-state index in [1.165, 1.54) is 0 Å². The number of nitrogens with zero attached hydrogens (tertiary/aromatic N) is 2. The van der Waals surface area contributed by atoms with Crippen LogP contribution >= 0.6 is 0 Å². The maximum Gasteiger partial charge on any atom is 0.140 e. The van der Waals surface area contributed by atoms with Gasteiger partial charge in [0.15, 0.2) is 0 Å². The van der Waals surface area contributed by atoms with Crippen molar-refractivity contribution in [3.8, 4) is 0 Å². The number of aryl methyl sites for hydroxylation is 2. The van der Waals surface area contributed by atoms with Crippen molar-refractivity contribution in [3.05, 3.63) is 18.2 Å². The normalized spacial score (nSPS) is 24.1. The van der Waals surface area contributed by atoms with Gasteiger partial charge in [-0.3, -0.25) is 4.79 Å². The van der Waals surface area contributed by atoms with Gasteiger partial charge in [-0.15, -0.1) is 0 Å². The molecule has 1 aliphatic heterocycles. The highest BCUT2D eigenvalue weighted by atomic mass is 16.1. The number of aromatic nitrogens is 2. The summed E-state index contributed by atoms with van der Waals surface area (Å²) in [6.07, 6.45) is 8.18. The Balaban J connectivity index is 1.96. The summed E-state index contributed by atoms with van der Waals surface area (Å²) >= 11 is 0. The Hall–Kier alpha value is -1.16. The highest BCUT2D eigenvalue weighted by Crippen LogP contribution is 2.32. The number of carbonyl (C=O) groups is 1. The first-order valence-electron chi connectivity index (χ1n) is 6.88. The second-order valence-electron chi connectivity index (χ2n) is 5.29. The fraction of sp³-hybridized carbons (Fsp3) is 0.714. The first-order valence-corrected chi connectivity index (χ1v) is 6.88. The molecule has 1 saturated heterocycles. The minimum Gasteiger partial charge on any atom is -0.338 e. The van der Waals surface area contributed by atoms with Crippen LogP contribution in [0.3, 0.4) is 0 Å². The maximum atomic E-state index is 12.5. The molecule has 0 aliphatic carbocycles. The first-order chi connectivity index (χ1) is 8.68. The van der Waals surface area contributed by atoms with E-state index in [0.717, 1.165) is 44.6 Å². The first kappa shape index (κ1) is 13.3. The van der Waals surface area contributed by atoms with E-state index in [1.807, 2.05) is 17.8 Å². The molecule has 4 heteroatoms. The summed E-state index contributed by atoms with van der Waals surface area (Å²) in [6, 6.07) is 0. The zero-order chi connectivity index (χ0) is 13.0. The summed E-state index contributed by atoms with van der Waals surface area (Å²) in [6.45, 7) is 4.03. The van der Waals surface area contributed by atoms with Gasteiger partial charge in [0, 0.05) is 44.2 Å². The van der Waals surface area contributed by atoms with Gasteiger partial charge in [-0.05, 0) is 25.8 Å². The van der Waals surface area contributed by atoms with Crippen molar-refractivity contribution in [2.24, 2.45) is 12.5 Å². The molecule has 0 bridgehead atoms. The molecule has 0 amide bonds. The predicted molar refractivity (Wildman–Crippen MR) is 71.4 cm³/mol. The molecule has 0 aromatic carbocycles. The van der Waals surface area contributed by atoms with E-state index in [9.17, 15) is 4.79 Å². The van der Waals surface area contributed by atoms with Crippen LogP contribution in [0.25, 0.3) is 0 Å². The van der Waals surface area contributed by atoms with E-state index in [4.69, 9.17) is 0 Å². The lowest BCUT2D eigenvalue weighted by Gasteiger charge is -2.35. The molecule has 1 unspecified atom stereocenters. The van der Waals surface area contributed by atoms with Gasteiger partial charge in [-0.2, -0.15) is 0 Å². The highest BCUT2D eigenvalue weighted by Gasteiger charge is 2.36. The molecule has 1 fully saturated rings. The Kier molecular flexibility index (Phi) is 4.17. The van der Waals surface area contributed by atoms with Crippen molar-refractivity contribution in [2.45, 2.75) is 39.0 Å². The van der Waals surface area contributed by atoms with E-state index in [0.29, 0.717) is 12.2 Å². The summed E-state index contributed by atoms with van der Waals surface area (Å²) in [5.41, 5.74) is -0.122. The Morgan fingerprint density at radius 3 is 3.00 bits per heavy atom. The van der Waals surface area contributed by atoms with Crippen LogP contribution in [0.15, 0.2) is 12.4 Å². The molecule has 2 rings (SSSR count). The number of ketones is 1. The highest BCUT2D eigenvalue weighted by molar-refractivity contribution is 5.85. The van der Waals surface area contributed by atoms with Gasteiger partial charge in [0.05, 0.1) is 0 Å². The molecule has 4 nitrogen and oxygen atoms in total. The predicted octanol–water partition coefficient (Wildman–Crippen LogP) is 1.70. The summed E-state index contributed by atoms with van der Waals surface area (Å²) in [4.78, 5) is 16.8. The fourth-order valence-electron chi connectivity index (χ4n) is 2.83. The Morgan fingerprint density at radius 2 is 2.44 bits per heavy atom. The van der Waals surface area contributed by atoms with Crippen molar-refractivity contribution in [1.29, 1.82) is 0 Å². The number of hydrogen-bond donors (Lipinski definition) is 1. The van der Waals surface area contributed by atoms with Gasteiger partial charge in [0.2, 0.25) is 0 Å². The van der Waals surface area contributed by atoms with E-state index >= 15 is 0 Å². The number of carbonyl (C=O) groups excluding carboxylic acids is 1. The largest absolute Gasteiger partial charge is 0.338 e. The number of rotatable bonds is 5. The third-order valence-electron chi connectivity index (χ3n) is 4.24. The molecule has 0 spiro atoms. The van der Waals surface area contributed by atoms with E-state index in [-0.39, 0.29) is 5.41 Å². The smallest absolute Gasteiger partial charge is 0.140 e. The molecule has 1 atom stereocenters. The van der Waals surface area contributed by atoms with Crippen LogP contribution in [0, 0.1) is 5.41 Å². The monoisotopic (exact) mass is 249 g/mol. The molecule has 0 saturated carbocycles. The molecule has 1 aromatic rings. The SMILES string of the molecule is CCC1(C(=O)CCc2nccn2C)CCCNC1. The minimum atomic E-state index is -0.122. The maximum absolute atomic E-state index is 12.5. The van der Waals surface area contributed by atoms with Crippen LogP contribution in [0.1, 0.15) is 38.4 Å². The minimum absolute atomic E-state index is 0.122. The molecule has 100 valence electrons. The second-order valence-corrected chi connectivity index (χ2v) is 5.29. The third kappa shape index (κ3) is 2.64. The molecule has 1 aromatic heterocycles. The summed E-state index contributed by atoms with van der Waals surface area (Å²) in [7, 11) is 1.98. The summed E-state index contributed by atoms with van der Waals surface area (Å²) < 4.78 is 1.99. The summed E-state index contributed by atoms with van der Waals surface area (Å²) in [5.74, 6) is 1.40. The van der Waals surface area contributed by atoms with Crippen LogP contribution < -0.4 is 5.32 Å². The van der Waals surface area contributed by atoms with Crippen molar-refractivity contribution in [2.75, 3.05) is 13.1 Å². The zero-order valence-corrected chi connectivity index (χ0v) is 11.4. The quantitative estimate of drug-likeness (QED) is 0.864. The Bertz CT molecular complexity index is 405. The second kappa shape index (κ2) is 5.65. The molecule has 0 radical (unpaired) electrons. The van der Waals surface area contributed by atoms with Crippen molar-refractivity contribution in [3.63, 3.8) is 0 Å². The average Bonchev–Trinajstić information content (AvgIpc) is 2.82. The number of piperidine rings is 1. The van der Waals surface area contributed by atoms with Crippen LogP contribution in [0.4, 0.5) is 0 Å². The van der Waals surface area contributed by atoms with Crippen LogP contribution in [-0.2, 0) is 18.3 Å². The van der Waals surface area contributed by atoms with Crippen molar-refractivity contribution >= 4 is 5.78 Å². The Labute approximate surface area is 109 Å². The van der Waals surface area contributed by atoms with Gasteiger partial charge >= 0.3 is 0 Å². The molecule has 1 N–H and O–H groups in total. The number of Topliss-reactive ketones (excluding diaryl/α,β-unsaturated/α-hetero) is 1. The Morgan fingerprint density at radius 1 is 1.61 bits per heavy atom. The lowest BCUT2D eigenvalue weighted by Crippen LogP contribution is -2.45. The van der Waals surface area contributed by atoms with Crippen molar-refractivity contribution < 1.29 is 4.79 Å². The topological polar surface area (TPSA) is 46.9 Å². The van der Waals surface area contributed by atoms with E-state index < -0.39 is 0 Å². The van der Waals surface area contributed by atoms with Crippen molar-refractivity contribution in [1.82, 2.24) is 14.9 Å². The molecular weight excluding hydrogens is 226 g/mol. The van der Waals surface area contributed by atoms with Crippen LogP contribution in [-0.4, -0.2) is 28.4 Å². The van der Waals surface area contributed by atoms with Crippen LogP contribution in [0.2, 0.25) is 0 Å². The van der Waals surface area contributed by atoms with Gasteiger partial charge < -0.3 is 9.88 Å². The van der Waals surface area contributed by atoms with E-state index in [2.05, 4.69) is 17.2 Å². The van der Waals surface area contributed by atoms with Gasteiger partial charge in [0.25, 0.3) is 0 Å². The lowest BCUT2D eigenvalue weighted by molar-refractivity contribution is -0.130. The number of hydrogen-bond acceptors (Lipinski definition) is 3. The van der Waals surface area contributed by atoms with Gasteiger partial charge in [0.1, 0.15) is 11.6 Å². The standard InChI is InChI=1S/C14H23N3O/c1-3-14(7-4-8-15-11-14)12(18)5-6-13-16-9-10-17(13)2/h9-10,15H,3-8,11H2,1-2H3. The van der Waals surface area contributed by atoms with Crippen LogP contribution in [0.5, 0.6) is 0 Å². The molecule has 18 heavy (non-hydrogen) atoms. The molecule has 2 heterocycles. The zero-order valence-electron chi connectivity index (χ0n) is 11.4. The summed E-state index contributed by atoms with van der Waals surface area (Å²) in [5, 5.41) is 3.37. The third-order valence-corrected chi connectivity index (χ3v) is 4.24. The fourth-order valence-corrected chi connectivity index (χ4v) is 2.83. The van der Waals surface area contributed by atoms with Gasteiger partial charge in [-0.25, -0.2) is 4.98 Å². The number of nitrogens with one attached hydrogen (secondary N) is 1. The molecule has 1 aliphatic rings. The van der Waals surface area contributed by atoms with E-state index in [1.54, 1.807) is 6.20 Å². The lowest BCUT2D eigenvalue weighted by atomic mass is 9.73. The molecular formula is C14H23N3O. The average molecular weight is 249 g/mol.